The molecule has 7 nitrogen and oxygen atoms in total. The van der Waals surface area contributed by atoms with Crippen molar-refractivity contribution in [3.8, 4) is 5.75 Å². The molecule has 1 atom stereocenters. The van der Waals surface area contributed by atoms with Crippen LogP contribution in [0, 0.1) is 5.82 Å². The molecule has 0 radical (unpaired) electrons. The van der Waals surface area contributed by atoms with Crippen molar-refractivity contribution in [2.24, 2.45) is 4.99 Å². The Morgan fingerprint density at radius 3 is 2.86 bits per heavy atom. The topological polar surface area (TPSA) is 76.4 Å². The Labute approximate surface area is 166 Å². The third-order valence-corrected chi connectivity index (χ3v) is 4.47. The average Bonchev–Trinajstić information content (AvgIpc) is 3.15. The minimum atomic E-state index is -0.370. The first-order valence-electron chi connectivity index (χ1n) is 9.84. The van der Waals surface area contributed by atoms with Gasteiger partial charge in [0.15, 0.2) is 17.5 Å². The molecule has 2 aromatic rings. The molecule has 0 saturated heterocycles. The molecule has 1 aromatic carbocycles. The Morgan fingerprint density at radius 2 is 2.18 bits per heavy atom. The summed E-state index contributed by atoms with van der Waals surface area (Å²) in [7, 11) is 1.46. The molecule has 0 aliphatic carbocycles. The highest BCUT2D eigenvalue weighted by Gasteiger charge is 2.11. The van der Waals surface area contributed by atoms with Gasteiger partial charge >= 0.3 is 0 Å². The molecule has 0 bridgehead atoms. The van der Waals surface area contributed by atoms with Gasteiger partial charge in [0, 0.05) is 26.1 Å². The van der Waals surface area contributed by atoms with Crippen LogP contribution in [0.4, 0.5) is 4.39 Å². The van der Waals surface area contributed by atoms with Crippen molar-refractivity contribution in [2.45, 2.75) is 52.6 Å². The third-order valence-electron chi connectivity index (χ3n) is 4.47. The van der Waals surface area contributed by atoms with Crippen molar-refractivity contribution in [3.05, 3.63) is 41.7 Å². The van der Waals surface area contributed by atoms with Gasteiger partial charge in [0.25, 0.3) is 0 Å². The molecule has 1 heterocycles. The molecule has 0 spiro atoms. The van der Waals surface area contributed by atoms with E-state index in [1.165, 1.54) is 13.2 Å². The lowest BCUT2D eigenvalue weighted by atomic mass is 10.1. The average molecular weight is 391 g/mol. The Bertz CT molecular complexity index is 761. The van der Waals surface area contributed by atoms with Crippen LogP contribution >= 0.6 is 0 Å². The second-order valence-corrected chi connectivity index (χ2v) is 6.56. The number of ether oxygens (including phenoxy) is 1. The number of aryl methyl sites for hydroxylation is 1. The molecule has 1 unspecified atom stereocenters. The number of hydrogen-bond donors (Lipinski definition) is 2. The fourth-order valence-corrected chi connectivity index (χ4v) is 2.78. The second kappa shape index (κ2) is 11.3. The molecule has 1 aromatic heterocycles. The maximum Gasteiger partial charge on any atom is 0.191 e. The molecule has 2 rings (SSSR count). The minimum absolute atomic E-state index is 0.102. The lowest BCUT2D eigenvalue weighted by Gasteiger charge is -2.19. The van der Waals surface area contributed by atoms with Crippen molar-refractivity contribution < 1.29 is 9.13 Å². The summed E-state index contributed by atoms with van der Waals surface area (Å²) in [6.45, 7) is 8.35. The van der Waals surface area contributed by atoms with Gasteiger partial charge in [0.05, 0.1) is 13.2 Å². The molecule has 0 fully saturated rings. The molecule has 8 heteroatoms. The van der Waals surface area contributed by atoms with E-state index < -0.39 is 0 Å². The van der Waals surface area contributed by atoms with Crippen molar-refractivity contribution in [1.82, 2.24) is 25.4 Å². The summed E-state index contributed by atoms with van der Waals surface area (Å²) < 4.78 is 21.0. The summed E-state index contributed by atoms with van der Waals surface area (Å²) in [5.41, 5.74) is 0.829. The van der Waals surface area contributed by atoms with Gasteiger partial charge in [-0.15, -0.1) is 10.2 Å². The zero-order chi connectivity index (χ0) is 20.4. The van der Waals surface area contributed by atoms with Gasteiger partial charge in [-0.1, -0.05) is 26.3 Å². The molecule has 154 valence electrons. The predicted molar refractivity (Wildman–Crippen MR) is 109 cm³/mol. The largest absolute Gasteiger partial charge is 0.494 e. The summed E-state index contributed by atoms with van der Waals surface area (Å²) in [6.07, 6.45) is 4.68. The zero-order valence-electron chi connectivity index (χ0n) is 17.2. The molecule has 28 heavy (non-hydrogen) atoms. The van der Waals surface area contributed by atoms with Gasteiger partial charge in [0.2, 0.25) is 0 Å². The summed E-state index contributed by atoms with van der Waals surface area (Å²) >= 11 is 0. The standard InChI is InChI=1S/C20H31FN6O/c1-5-7-10-22-20(23-11-12-27-14-24-26-19(27)6-2)25-15(3)16-8-9-18(28-4)17(21)13-16/h8-9,13-15H,5-7,10-12H2,1-4H3,(H2,22,23,25). The first-order valence-corrected chi connectivity index (χ1v) is 9.84. The Kier molecular flexibility index (Phi) is 8.71. The monoisotopic (exact) mass is 390 g/mol. The van der Waals surface area contributed by atoms with Crippen LogP contribution < -0.4 is 15.4 Å². The van der Waals surface area contributed by atoms with E-state index in [2.05, 4.69) is 39.7 Å². The SMILES string of the molecule is CCCCN=C(NCCn1cnnc1CC)NC(C)c1ccc(OC)c(F)c1. The van der Waals surface area contributed by atoms with Crippen molar-refractivity contribution in [3.63, 3.8) is 0 Å². The smallest absolute Gasteiger partial charge is 0.191 e. The summed E-state index contributed by atoms with van der Waals surface area (Å²) in [5.74, 6) is 1.54. The number of aromatic nitrogens is 3. The molecule has 0 saturated carbocycles. The maximum atomic E-state index is 14.0. The summed E-state index contributed by atoms with van der Waals surface area (Å²) in [6, 6.07) is 4.88. The van der Waals surface area contributed by atoms with Gasteiger partial charge in [-0.3, -0.25) is 4.99 Å². The first kappa shape index (κ1) is 21.7. The van der Waals surface area contributed by atoms with Gasteiger partial charge in [-0.25, -0.2) is 4.39 Å². The van der Waals surface area contributed by atoms with Gasteiger partial charge in [-0.05, 0) is 31.0 Å². The zero-order valence-corrected chi connectivity index (χ0v) is 17.2. The van der Waals surface area contributed by atoms with Gasteiger partial charge in [0.1, 0.15) is 12.2 Å². The predicted octanol–water partition coefficient (Wildman–Crippen LogP) is 3.08. The van der Waals surface area contributed by atoms with E-state index in [-0.39, 0.29) is 17.6 Å². The normalized spacial score (nSPS) is 12.7. The van der Waals surface area contributed by atoms with Crippen molar-refractivity contribution in [2.75, 3.05) is 20.2 Å². The fraction of sp³-hybridized carbons (Fsp3) is 0.550. The number of benzene rings is 1. The molecule has 2 N–H and O–H groups in total. The number of unbranched alkanes of at least 4 members (excludes halogenated alkanes) is 1. The van der Waals surface area contributed by atoms with Gasteiger partial charge < -0.3 is 19.9 Å². The minimum Gasteiger partial charge on any atom is -0.494 e. The number of nitrogens with one attached hydrogen (secondary N) is 2. The van der Waals surface area contributed by atoms with E-state index in [0.717, 1.165) is 43.7 Å². The molecule has 0 aliphatic heterocycles. The van der Waals surface area contributed by atoms with Crippen LogP contribution in [-0.2, 0) is 13.0 Å². The number of hydrogen-bond acceptors (Lipinski definition) is 4. The number of nitrogens with zero attached hydrogens (tertiary/aromatic N) is 4. The lowest BCUT2D eigenvalue weighted by Crippen LogP contribution is -2.40. The Hall–Kier alpha value is -2.64. The number of rotatable bonds is 10. The number of halogens is 1. The highest BCUT2D eigenvalue weighted by Crippen LogP contribution is 2.21. The molecule has 0 amide bonds. The van der Waals surface area contributed by atoms with E-state index in [1.807, 2.05) is 17.6 Å². The van der Waals surface area contributed by atoms with Crippen LogP contribution in [-0.4, -0.2) is 40.9 Å². The van der Waals surface area contributed by atoms with Crippen LogP contribution in [0.25, 0.3) is 0 Å². The molecular formula is C20H31FN6O. The summed E-state index contributed by atoms with van der Waals surface area (Å²) in [5, 5.41) is 14.8. The number of methoxy groups -OCH3 is 1. The van der Waals surface area contributed by atoms with Crippen LogP contribution in [0.5, 0.6) is 5.75 Å². The number of aliphatic imine (C=N–C) groups is 1. The maximum absolute atomic E-state index is 14.0. The van der Waals surface area contributed by atoms with Crippen LogP contribution in [0.2, 0.25) is 0 Å². The van der Waals surface area contributed by atoms with E-state index in [4.69, 9.17) is 4.74 Å². The van der Waals surface area contributed by atoms with E-state index >= 15 is 0 Å². The first-order chi connectivity index (χ1) is 13.6. The molecule has 0 aliphatic rings. The highest BCUT2D eigenvalue weighted by molar-refractivity contribution is 5.80. The Balaban J connectivity index is 1.99. The van der Waals surface area contributed by atoms with Crippen molar-refractivity contribution >= 4 is 5.96 Å². The van der Waals surface area contributed by atoms with Gasteiger partial charge in [-0.2, -0.15) is 0 Å². The van der Waals surface area contributed by atoms with Crippen LogP contribution in [0.15, 0.2) is 29.5 Å². The quantitative estimate of drug-likeness (QED) is 0.370. The second-order valence-electron chi connectivity index (χ2n) is 6.56. The lowest BCUT2D eigenvalue weighted by molar-refractivity contribution is 0.386. The fourth-order valence-electron chi connectivity index (χ4n) is 2.78. The van der Waals surface area contributed by atoms with Crippen LogP contribution in [0.3, 0.4) is 0 Å². The van der Waals surface area contributed by atoms with Crippen molar-refractivity contribution in [1.29, 1.82) is 0 Å². The van der Waals surface area contributed by atoms with E-state index in [1.54, 1.807) is 12.4 Å². The third kappa shape index (κ3) is 6.21. The van der Waals surface area contributed by atoms with Crippen LogP contribution in [0.1, 0.15) is 51.0 Å². The number of guanidine groups is 1. The highest BCUT2D eigenvalue weighted by atomic mass is 19.1. The molecular weight excluding hydrogens is 359 g/mol. The summed E-state index contributed by atoms with van der Waals surface area (Å²) in [4.78, 5) is 4.63. The Morgan fingerprint density at radius 1 is 1.36 bits per heavy atom. The van der Waals surface area contributed by atoms with E-state index in [0.29, 0.717) is 12.5 Å². The van der Waals surface area contributed by atoms with E-state index in [9.17, 15) is 4.39 Å².